The summed E-state index contributed by atoms with van der Waals surface area (Å²) in [5.74, 6) is 0.922. The van der Waals surface area contributed by atoms with E-state index < -0.39 is 6.04 Å². The second-order valence-electron chi connectivity index (χ2n) is 4.01. The fourth-order valence-corrected chi connectivity index (χ4v) is 1.45. The topological polar surface area (TPSA) is 70.8 Å². The quantitative estimate of drug-likeness (QED) is 0.773. The van der Waals surface area contributed by atoms with E-state index in [4.69, 9.17) is 15.2 Å². The molecule has 1 unspecified atom stereocenters. The van der Waals surface area contributed by atoms with Crippen molar-refractivity contribution < 1.29 is 19.0 Å². The summed E-state index contributed by atoms with van der Waals surface area (Å²) in [6, 6.07) is 5.22. The molecule has 18 heavy (non-hydrogen) atoms. The highest BCUT2D eigenvalue weighted by atomic mass is 16.5. The molecule has 0 aliphatic heterocycles. The molecule has 0 amide bonds. The summed E-state index contributed by atoms with van der Waals surface area (Å²) >= 11 is 0. The van der Waals surface area contributed by atoms with E-state index in [1.165, 1.54) is 7.11 Å². The molecule has 0 heterocycles. The van der Waals surface area contributed by atoms with Crippen molar-refractivity contribution in [1.82, 2.24) is 0 Å². The third-order valence-corrected chi connectivity index (χ3v) is 2.43. The first kappa shape index (κ1) is 14.3. The molecular weight excluding hydrogens is 234 g/mol. The number of esters is 1. The summed E-state index contributed by atoms with van der Waals surface area (Å²) < 4.78 is 15.3. The Kier molecular flexibility index (Phi) is 5.45. The monoisotopic (exact) mass is 253 g/mol. The number of carbonyl (C=O) groups is 1. The number of rotatable bonds is 6. The van der Waals surface area contributed by atoms with Gasteiger partial charge in [0.2, 0.25) is 0 Å². The Morgan fingerprint density at radius 1 is 1.33 bits per heavy atom. The lowest BCUT2D eigenvalue weighted by Gasteiger charge is -2.14. The molecule has 5 nitrogen and oxygen atoms in total. The maximum Gasteiger partial charge on any atom is 0.307 e. The molecule has 0 bridgehead atoms. The summed E-state index contributed by atoms with van der Waals surface area (Å²) in [6.45, 7) is 2.20. The number of aryl methyl sites for hydroxylation is 1. The van der Waals surface area contributed by atoms with Gasteiger partial charge >= 0.3 is 5.97 Å². The molecule has 0 aliphatic carbocycles. The Morgan fingerprint density at radius 2 is 2.06 bits per heavy atom. The van der Waals surface area contributed by atoms with Crippen molar-refractivity contribution in [2.24, 2.45) is 5.73 Å². The molecule has 1 rings (SSSR count). The molecule has 0 radical (unpaired) electrons. The van der Waals surface area contributed by atoms with Gasteiger partial charge in [-0.1, -0.05) is 6.07 Å². The van der Waals surface area contributed by atoms with E-state index in [0.717, 1.165) is 5.56 Å². The van der Waals surface area contributed by atoms with Crippen molar-refractivity contribution in [3.63, 3.8) is 0 Å². The molecule has 0 aromatic heterocycles. The largest absolute Gasteiger partial charge is 0.493 e. The van der Waals surface area contributed by atoms with Gasteiger partial charge in [-0.2, -0.15) is 0 Å². The first-order chi connectivity index (χ1) is 8.56. The van der Waals surface area contributed by atoms with Crippen LogP contribution in [0.25, 0.3) is 0 Å². The van der Waals surface area contributed by atoms with Gasteiger partial charge < -0.3 is 19.9 Å². The zero-order valence-electron chi connectivity index (χ0n) is 10.9. The van der Waals surface area contributed by atoms with Crippen LogP contribution in [0.5, 0.6) is 11.5 Å². The lowest BCUT2D eigenvalue weighted by molar-refractivity contribution is -0.141. The summed E-state index contributed by atoms with van der Waals surface area (Å²) in [7, 11) is 2.91. The smallest absolute Gasteiger partial charge is 0.307 e. The summed E-state index contributed by atoms with van der Waals surface area (Å²) in [4.78, 5) is 11.0. The van der Waals surface area contributed by atoms with Crippen LogP contribution in [0.3, 0.4) is 0 Å². The highest BCUT2D eigenvalue weighted by molar-refractivity contribution is 5.69. The van der Waals surface area contributed by atoms with Crippen LogP contribution < -0.4 is 15.2 Å². The number of carbonyl (C=O) groups excluding carboxylic acids is 1. The van der Waals surface area contributed by atoms with Crippen LogP contribution in [0.1, 0.15) is 12.0 Å². The number of methoxy groups -OCH3 is 2. The number of hydrogen-bond acceptors (Lipinski definition) is 5. The molecule has 1 aromatic rings. The normalized spacial score (nSPS) is 11.8. The lowest BCUT2D eigenvalue weighted by Crippen LogP contribution is -2.31. The highest BCUT2D eigenvalue weighted by Crippen LogP contribution is 2.27. The lowest BCUT2D eigenvalue weighted by atomic mass is 10.2. The van der Waals surface area contributed by atoms with E-state index in [2.05, 4.69) is 4.74 Å². The molecule has 1 atom stereocenters. The molecule has 0 fully saturated rings. The third-order valence-electron chi connectivity index (χ3n) is 2.43. The highest BCUT2D eigenvalue weighted by Gasteiger charge is 2.12. The summed E-state index contributed by atoms with van der Waals surface area (Å²) in [6.07, 6.45) is 0.130. The first-order valence-corrected chi connectivity index (χ1v) is 5.66. The molecule has 5 heteroatoms. The van der Waals surface area contributed by atoms with Crippen molar-refractivity contribution in [2.75, 3.05) is 20.8 Å². The second kappa shape index (κ2) is 6.86. The molecule has 1 aromatic carbocycles. The Hall–Kier alpha value is -1.75. The van der Waals surface area contributed by atoms with Crippen molar-refractivity contribution in [3.8, 4) is 11.5 Å². The van der Waals surface area contributed by atoms with Crippen LogP contribution in [-0.2, 0) is 9.53 Å². The van der Waals surface area contributed by atoms with Gasteiger partial charge in [0.15, 0.2) is 11.5 Å². The van der Waals surface area contributed by atoms with Crippen molar-refractivity contribution in [3.05, 3.63) is 23.8 Å². The van der Waals surface area contributed by atoms with Crippen LogP contribution in [-0.4, -0.2) is 32.8 Å². The molecule has 0 saturated carbocycles. The number of hydrogen-bond donors (Lipinski definition) is 1. The molecule has 2 N–H and O–H groups in total. The van der Waals surface area contributed by atoms with Crippen molar-refractivity contribution >= 4 is 5.97 Å². The van der Waals surface area contributed by atoms with E-state index in [1.807, 2.05) is 25.1 Å². The van der Waals surface area contributed by atoms with Crippen LogP contribution in [0.4, 0.5) is 0 Å². The predicted octanol–water partition coefficient (Wildman–Crippen LogP) is 1.27. The average molecular weight is 253 g/mol. The predicted molar refractivity (Wildman–Crippen MR) is 67.8 cm³/mol. The zero-order valence-corrected chi connectivity index (χ0v) is 10.9. The van der Waals surface area contributed by atoms with Gasteiger partial charge in [0.1, 0.15) is 6.61 Å². The number of ether oxygens (including phenoxy) is 3. The Labute approximate surface area is 107 Å². The fourth-order valence-electron chi connectivity index (χ4n) is 1.45. The van der Waals surface area contributed by atoms with E-state index in [9.17, 15) is 4.79 Å². The first-order valence-electron chi connectivity index (χ1n) is 5.66. The molecule has 0 saturated heterocycles. The van der Waals surface area contributed by atoms with Gasteiger partial charge in [0.25, 0.3) is 0 Å². The Bertz CT molecular complexity index is 406. The Morgan fingerprint density at radius 3 is 2.67 bits per heavy atom. The van der Waals surface area contributed by atoms with Gasteiger partial charge in [-0.25, -0.2) is 0 Å². The molecule has 0 aliphatic rings. The standard InChI is InChI=1S/C13H19NO4/c1-9-4-5-11(12(6-9)16-2)18-8-10(14)7-13(15)17-3/h4-6,10H,7-8,14H2,1-3H3. The minimum absolute atomic E-state index is 0.130. The number of benzene rings is 1. The van der Waals surface area contributed by atoms with Crippen molar-refractivity contribution in [1.29, 1.82) is 0 Å². The summed E-state index contributed by atoms with van der Waals surface area (Å²) in [5.41, 5.74) is 6.83. The minimum atomic E-state index is -0.400. The maximum absolute atomic E-state index is 11.0. The van der Waals surface area contributed by atoms with Crippen molar-refractivity contribution in [2.45, 2.75) is 19.4 Å². The SMILES string of the molecule is COC(=O)CC(N)COc1ccc(C)cc1OC. The molecule has 100 valence electrons. The summed E-state index contributed by atoms with van der Waals surface area (Å²) in [5, 5.41) is 0. The number of nitrogens with two attached hydrogens (primary N) is 1. The van der Waals surface area contributed by atoms with E-state index in [-0.39, 0.29) is 19.0 Å². The van der Waals surface area contributed by atoms with E-state index in [1.54, 1.807) is 7.11 Å². The van der Waals surface area contributed by atoms with Crippen LogP contribution >= 0.6 is 0 Å². The minimum Gasteiger partial charge on any atom is -0.493 e. The third kappa shape index (κ3) is 4.25. The zero-order chi connectivity index (χ0) is 13.5. The van der Waals surface area contributed by atoms with Crippen LogP contribution in [0.15, 0.2) is 18.2 Å². The van der Waals surface area contributed by atoms with Gasteiger partial charge in [-0.3, -0.25) is 4.79 Å². The Balaban J connectivity index is 2.55. The van der Waals surface area contributed by atoms with Gasteiger partial charge in [-0.15, -0.1) is 0 Å². The molecular formula is C13H19NO4. The second-order valence-corrected chi connectivity index (χ2v) is 4.01. The van der Waals surface area contributed by atoms with Crippen LogP contribution in [0, 0.1) is 6.92 Å². The van der Waals surface area contributed by atoms with Gasteiger partial charge in [0, 0.05) is 6.04 Å². The average Bonchev–Trinajstić information content (AvgIpc) is 2.36. The van der Waals surface area contributed by atoms with E-state index in [0.29, 0.717) is 11.5 Å². The van der Waals surface area contributed by atoms with Gasteiger partial charge in [-0.05, 0) is 24.6 Å². The van der Waals surface area contributed by atoms with Gasteiger partial charge in [0.05, 0.1) is 20.6 Å². The van der Waals surface area contributed by atoms with E-state index >= 15 is 0 Å². The van der Waals surface area contributed by atoms with Crippen LogP contribution in [0.2, 0.25) is 0 Å². The maximum atomic E-state index is 11.0. The molecule has 0 spiro atoms. The fraction of sp³-hybridized carbons (Fsp3) is 0.462.